The van der Waals surface area contributed by atoms with Crippen LogP contribution in [0.25, 0.3) is 0 Å². The van der Waals surface area contributed by atoms with Gasteiger partial charge in [0, 0.05) is 19.4 Å². The van der Waals surface area contributed by atoms with Crippen LogP contribution in [0.15, 0.2) is 72.9 Å². The van der Waals surface area contributed by atoms with Crippen LogP contribution in [-0.2, 0) is 32.7 Å². The summed E-state index contributed by atoms with van der Waals surface area (Å²) in [5, 5.41) is 0. The molecule has 0 saturated heterocycles. The van der Waals surface area contributed by atoms with E-state index in [0.29, 0.717) is 12.8 Å². The third kappa shape index (κ3) is 37.2. The number of allylic oxidation sites excluding steroid dienone is 12. The van der Waals surface area contributed by atoms with Crippen molar-refractivity contribution in [3.8, 4) is 0 Å². The van der Waals surface area contributed by atoms with Crippen molar-refractivity contribution < 1.29 is 37.6 Å². The van der Waals surface area contributed by atoms with E-state index in [-0.39, 0.29) is 32.6 Å². The molecular formula is C42H72NO8P. The van der Waals surface area contributed by atoms with Gasteiger partial charge in [-0.2, -0.15) is 0 Å². The van der Waals surface area contributed by atoms with E-state index < -0.39 is 32.5 Å². The molecule has 2 atom stereocenters. The molecule has 0 rings (SSSR count). The van der Waals surface area contributed by atoms with E-state index in [4.69, 9.17) is 24.3 Å². The number of phosphoric acid groups is 1. The fourth-order valence-electron chi connectivity index (χ4n) is 4.99. The molecule has 10 heteroatoms. The summed E-state index contributed by atoms with van der Waals surface area (Å²) < 4.78 is 32.6. The summed E-state index contributed by atoms with van der Waals surface area (Å²) >= 11 is 0. The highest BCUT2D eigenvalue weighted by Crippen LogP contribution is 2.43. The van der Waals surface area contributed by atoms with Crippen molar-refractivity contribution in [1.29, 1.82) is 0 Å². The second-order valence-electron chi connectivity index (χ2n) is 12.9. The number of esters is 2. The van der Waals surface area contributed by atoms with E-state index in [0.717, 1.165) is 77.0 Å². The molecule has 0 fully saturated rings. The van der Waals surface area contributed by atoms with Crippen LogP contribution in [0.2, 0.25) is 0 Å². The molecule has 0 radical (unpaired) electrons. The first-order valence-corrected chi connectivity index (χ1v) is 21.5. The molecule has 2 unspecified atom stereocenters. The number of carbonyl (C=O) groups excluding carboxylic acids is 2. The second-order valence-corrected chi connectivity index (χ2v) is 14.3. The van der Waals surface area contributed by atoms with Crippen LogP contribution < -0.4 is 5.73 Å². The van der Waals surface area contributed by atoms with E-state index in [2.05, 4.69) is 68.5 Å². The number of ether oxygens (including phenoxy) is 2. The zero-order valence-electron chi connectivity index (χ0n) is 32.5. The number of rotatable bonds is 36. The highest BCUT2D eigenvalue weighted by atomic mass is 31.2. The first-order chi connectivity index (χ1) is 25.3. The molecule has 3 N–H and O–H groups in total. The Bertz CT molecular complexity index is 1080. The van der Waals surface area contributed by atoms with Crippen molar-refractivity contribution in [2.75, 3.05) is 26.4 Å². The monoisotopic (exact) mass is 749 g/mol. The maximum atomic E-state index is 12.5. The van der Waals surface area contributed by atoms with E-state index >= 15 is 0 Å². The molecule has 0 aromatic heterocycles. The van der Waals surface area contributed by atoms with Gasteiger partial charge in [-0.15, -0.1) is 0 Å². The topological polar surface area (TPSA) is 134 Å². The summed E-state index contributed by atoms with van der Waals surface area (Å²) in [5.41, 5.74) is 5.33. The summed E-state index contributed by atoms with van der Waals surface area (Å²) in [6, 6.07) is 0. The molecule has 0 aliphatic carbocycles. The molecule has 52 heavy (non-hydrogen) atoms. The van der Waals surface area contributed by atoms with Crippen molar-refractivity contribution in [3.05, 3.63) is 72.9 Å². The lowest BCUT2D eigenvalue weighted by Gasteiger charge is -2.19. The van der Waals surface area contributed by atoms with Crippen LogP contribution >= 0.6 is 7.82 Å². The van der Waals surface area contributed by atoms with Gasteiger partial charge in [0.1, 0.15) is 6.61 Å². The van der Waals surface area contributed by atoms with Crippen LogP contribution in [0.3, 0.4) is 0 Å². The SMILES string of the molecule is CC/C=C/C=C/C=C/CCCCCCCC(=O)OC(COC(=O)CCCCCCC/C=C/C=C/C=C/CCCCCCC)COP(=O)(O)OCCN. The largest absolute Gasteiger partial charge is 0.472 e. The van der Waals surface area contributed by atoms with E-state index in [1.54, 1.807) is 0 Å². The van der Waals surface area contributed by atoms with Gasteiger partial charge in [-0.1, -0.05) is 151 Å². The first-order valence-electron chi connectivity index (χ1n) is 20.0. The van der Waals surface area contributed by atoms with Gasteiger partial charge in [0.2, 0.25) is 0 Å². The van der Waals surface area contributed by atoms with Crippen LogP contribution in [0.4, 0.5) is 0 Å². The predicted molar refractivity (Wildman–Crippen MR) is 215 cm³/mol. The molecule has 0 aliphatic heterocycles. The Morgan fingerprint density at radius 1 is 0.596 bits per heavy atom. The molecule has 9 nitrogen and oxygen atoms in total. The van der Waals surface area contributed by atoms with Gasteiger partial charge < -0.3 is 20.1 Å². The molecular weight excluding hydrogens is 677 g/mol. The molecule has 0 saturated carbocycles. The lowest BCUT2D eigenvalue weighted by atomic mass is 10.1. The zero-order chi connectivity index (χ0) is 38.2. The summed E-state index contributed by atoms with van der Waals surface area (Å²) in [7, 11) is -4.39. The Morgan fingerprint density at radius 3 is 1.56 bits per heavy atom. The highest BCUT2D eigenvalue weighted by Gasteiger charge is 2.25. The lowest BCUT2D eigenvalue weighted by molar-refractivity contribution is -0.161. The third-order valence-electron chi connectivity index (χ3n) is 7.95. The van der Waals surface area contributed by atoms with E-state index in [1.165, 1.54) is 32.1 Å². The Morgan fingerprint density at radius 2 is 1.06 bits per heavy atom. The average molecular weight is 750 g/mol. The lowest BCUT2D eigenvalue weighted by Crippen LogP contribution is -2.29. The number of nitrogens with two attached hydrogens (primary N) is 1. The normalized spacial score (nSPS) is 14.2. The molecule has 0 amide bonds. The van der Waals surface area contributed by atoms with Gasteiger partial charge in [0.15, 0.2) is 6.10 Å². The van der Waals surface area contributed by atoms with Crippen LogP contribution in [0, 0.1) is 0 Å². The van der Waals surface area contributed by atoms with Crippen molar-refractivity contribution in [2.24, 2.45) is 5.73 Å². The molecule has 0 aromatic rings. The Hall–Kier alpha value is -2.55. The van der Waals surface area contributed by atoms with Gasteiger partial charge in [-0.05, 0) is 57.8 Å². The smallest absolute Gasteiger partial charge is 0.462 e. The number of phosphoric ester groups is 1. The molecule has 298 valence electrons. The standard InChI is InChI=1S/C42H72NO8P/c1-3-5-7-9-11-13-15-17-18-19-20-21-23-24-26-28-30-32-34-41(44)48-38-40(39-50-52(46,47)49-37-36-43)51-42(45)35-33-31-29-27-25-22-16-14-12-10-8-6-4-2/h6,8,10,12,14-21,40H,3-5,7,9,11,13,22-39,43H2,1-2H3,(H,46,47)/b8-6+,12-10+,16-14+,17-15+,19-18+,21-20+. The molecule has 0 spiro atoms. The Kier molecular flexibility index (Phi) is 36.3. The first kappa shape index (κ1) is 49.5. The average Bonchev–Trinajstić information content (AvgIpc) is 3.13. The molecule has 0 bridgehead atoms. The molecule has 0 aromatic carbocycles. The minimum absolute atomic E-state index is 0.0427. The number of unbranched alkanes of at least 4 members (excludes halogenated alkanes) is 15. The summed E-state index contributed by atoms with van der Waals surface area (Å²) in [6.07, 6.45) is 45.0. The summed E-state index contributed by atoms with van der Waals surface area (Å²) in [5.74, 6) is -0.884. The maximum Gasteiger partial charge on any atom is 0.472 e. The summed E-state index contributed by atoms with van der Waals surface area (Å²) in [4.78, 5) is 34.8. The van der Waals surface area contributed by atoms with Crippen molar-refractivity contribution in [2.45, 2.75) is 155 Å². The van der Waals surface area contributed by atoms with Gasteiger partial charge >= 0.3 is 19.8 Å². The van der Waals surface area contributed by atoms with Crippen LogP contribution in [-0.4, -0.2) is 49.3 Å². The fourth-order valence-corrected chi connectivity index (χ4v) is 5.75. The molecule has 0 heterocycles. The Balaban J connectivity index is 4.27. The van der Waals surface area contributed by atoms with E-state index in [9.17, 15) is 19.0 Å². The third-order valence-corrected chi connectivity index (χ3v) is 8.93. The van der Waals surface area contributed by atoms with Gasteiger partial charge in [-0.3, -0.25) is 18.6 Å². The maximum absolute atomic E-state index is 12.5. The van der Waals surface area contributed by atoms with Crippen molar-refractivity contribution >= 4 is 19.8 Å². The molecule has 0 aliphatic rings. The van der Waals surface area contributed by atoms with Gasteiger partial charge in [0.25, 0.3) is 0 Å². The second kappa shape index (κ2) is 38.2. The van der Waals surface area contributed by atoms with Crippen LogP contribution in [0.5, 0.6) is 0 Å². The number of hydrogen-bond donors (Lipinski definition) is 2. The van der Waals surface area contributed by atoms with Crippen molar-refractivity contribution in [1.82, 2.24) is 0 Å². The summed E-state index contributed by atoms with van der Waals surface area (Å²) in [6.45, 7) is 3.50. The predicted octanol–water partition coefficient (Wildman–Crippen LogP) is 11.1. The minimum Gasteiger partial charge on any atom is -0.462 e. The van der Waals surface area contributed by atoms with Crippen LogP contribution in [0.1, 0.15) is 149 Å². The Labute approximate surface area is 316 Å². The minimum atomic E-state index is -4.39. The fraction of sp³-hybridized carbons (Fsp3) is 0.667. The highest BCUT2D eigenvalue weighted by molar-refractivity contribution is 7.47. The van der Waals surface area contributed by atoms with Gasteiger partial charge in [-0.25, -0.2) is 4.57 Å². The number of carbonyl (C=O) groups is 2. The van der Waals surface area contributed by atoms with E-state index in [1.807, 2.05) is 18.2 Å². The zero-order valence-corrected chi connectivity index (χ0v) is 33.4. The van der Waals surface area contributed by atoms with Crippen molar-refractivity contribution in [3.63, 3.8) is 0 Å². The quantitative estimate of drug-likeness (QED) is 0.0278. The number of hydrogen-bond acceptors (Lipinski definition) is 8. The van der Waals surface area contributed by atoms with Gasteiger partial charge in [0.05, 0.1) is 13.2 Å².